The van der Waals surface area contributed by atoms with E-state index in [1.807, 2.05) is 38.1 Å². The summed E-state index contributed by atoms with van der Waals surface area (Å²) in [5.41, 5.74) is 4.62. The number of carbonyl (C=O) groups is 3. The normalized spacial score (nSPS) is 29.3. The summed E-state index contributed by atoms with van der Waals surface area (Å²) < 4.78 is 5.46. The Morgan fingerprint density at radius 3 is 2.36 bits per heavy atom. The van der Waals surface area contributed by atoms with Crippen LogP contribution in [0.25, 0.3) is 0 Å². The third kappa shape index (κ3) is 2.52. The van der Waals surface area contributed by atoms with E-state index in [1.54, 1.807) is 6.07 Å². The fourth-order valence-electron chi connectivity index (χ4n) is 4.12. The van der Waals surface area contributed by atoms with Crippen molar-refractivity contribution in [2.75, 3.05) is 6.61 Å². The standard InChI is InChI=1S/C19H20N2O4/c1-10-3-6-14(7-11(10)2)25-9-15(22)20-21-18(23)16-12-4-5-13(8-12)17(16)19(21)24/h3-7,12-13,16-17H,8-9H2,1-2H3,(H,20,22). The largest absolute Gasteiger partial charge is 0.484 e. The van der Waals surface area contributed by atoms with Crippen molar-refractivity contribution in [3.8, 4) is 5.75 Å². The quantitative estimate of drug-likeness (QED) is 0.666. The van der Waals surface area contributed by atoms with Gasteiger partial charge in [0, 0.05) is 0 Å². The minimum atomic E-state index is -0.514. The third-order valence-electron chi connectivity index (χ3n) is 5.56. The fourth-order valence-corrected chi connectivity index (χ4v) is 4.12. The zero-order chi connectivity index (χ0) is 17.7. The van der Waals surface area contributed by atoms with E-state index in [2.05, 4.69) is 5.43 Å². The van der Waals surface area contributed by atoms with Gasteiger partial charge in [-0.05, 0) is 55.4 Å². The van der Waals surface area contributed by atoms with Gasteiger partial charge >= 0.3 is 0 Å². The van der Waals surface area contributed by atoms with Gasteiger partial charge in [0.2, 0.25) is 0 Å². The predicted octanol–water partition coefficient (Wildman–Crippen LogP) is 1.52. The lowest BCUT2D eigenvalue weighted by molar-refractivity contribution is -0.150. The lowest BCUT2D eigenvalue weighted by atomic mass is 9.85. The molecule has 4 atom stereocenters. The van der Waals surface area contributed by atoms with Crippen molar-refractivity contribution >= 4 is 17.7 Å². The molecule has 4 unspecified atom stereocenters. The summed E-state index contributed by atoms with van der Waals surface area (Å²) in [6.45, 7) is 3.71. The van der Waals surface area contributed by atoms with E-state index in [9.17, 15) is 14.4 Å². The van der Waals surface area contributed by atoms with Crippen LogP contribution in [-0.2, 0) is 14.4 Å². The molecular weight excluding hydrogens is 320 g/mol. The summed E-state index contributed by atoms with van der Waals surface area (Å²) in [6.07, 6.45) is 4.90. The number of nitrogens with one attached hydrogen (secondary N) is 1. The van der Waals surface area contributed by atoms with Gasteiger partial charge < -0.3 is 4.74 Å². The SMILES string of the molecule is Cc1ccc(OCC(=O)NN2C(=O)C3C4C=CC(C4)C3C2=O)cc1C. The van der Waals surface area contributed by atoms with Crippen molar-refractivity contribution in [1.29, 1.82) is 0 Å². The number of aryl methyl sites for hydroxylation is 2. The number of imide groups is 1. The van der Waals surface area contributed by atoms with Crippen LogP contribution in [-0.4, -0.2) is 29.3 Å². The van der Waals surface area contributed by atoms with E-state index in [0.29, 0.717) is 5.75 Å². The Labute approximate surface area is 145 Å². The van der Waals surface area contributed by atoms with Gasteiger partial charge in [0.15, 0.2) is 6.61 Å². The lowest BCUT2D eigenvalue weighted by Gasteiger charge is -2.18. The first-order chi connectivity index (χ1) is 12.0. The maximum atomic E-state index is 12.5. The number of ether oxygens (including phenoxy) is 1. The van der Waals surface area contributed by atoms with Crippen molar-refractivity contribution in [2.24, 2.45) is 23.7 Å². The van der Waals surface area contributed by atoms with Gasteiger partial charge in [-0.3, -0.25) is 19.8 Å². The van der Waals surface area contributed by atoms with E-state index in [1.165, 1.54) is 0 Å². The molecule has 1 aliphatic heterocycles. The molecule has 0 spiro atoms. The summed E-state index contributed by atoms with van der Waals surface area (Å²) >= 11 is 0. The number of amides is 3. The maximum absolute atomic E-state index is 12.5. The fraction of sp³-hybridized carbons (Fsp3) is 0.421. The zero-order valence-electron chi connectivity index (χ0n) is 14.2. The van der Waals surface area contributed by atoms with Crippen LogP contribution in [0.1, 0.15) is 17.5 Å². The van der Waals surface area contributed by atoms with E-state index in [-0.39, 0.29) is 42.1 Å². The zero-order valence-corrected chi connectivity index (χ0v) is 14.2. The van der Waals surface area contributed by atoms with Gasteiger partial charge in [-0.25, -0.2) is 0 Å². The van der Waals surface area contributed by atoms with Crippen molar-refractivity contribution in [1.82, 2.24) is 10.4 Å². The highest BCUT2D eigenvalue weighted by molar-refractivity contribution is 6.07. The van der Waals surface area contributed by atoms with Crippen molar-refractivity contribution in [2.45, 2.75) is 20.3 Å². The van der Waals surface area contributed by atoms with E-state index in [0.717, 1.165) is 22.6 Å². The summed E-state index contributed by atoms with van der Waals surface area (Å²) in [5.74, 6) is -0.915. The van der Waals surface area contributed by atoms with Crippen molar-refractivity contribution in [3.05, 3.63) is 41.5 Å². The molecule has 6 nitrogen and oxygen atoms in total. The van der Waals surface area contributed by atoms with Gasteiger partial charge in [-0.2, -0.15) is 5.01 Å². The molecule has 3 amide bonds. The number of carbonyl (C=O) groups excluding carboxylic acids is 3. The number of nitrogens with zero attached hydrogens (tertiary/aromatic N) is 1. The molecule has 1 saturated heterocycles. The van der Waals surface area contributed by atoms with Crippen LogP contribution in [0.3, 0.4) is 0 Å². The second-order valence-corrected chi connectivity index (χ2v) is 7.08. The summed E-state index contributed by atoms with van der Waals surface area (Å²) in [7, 11) is 0. The summed E-state index contributed by atoms with van der Waals surface area (Å²) in [4.78, 5) is 37.1. The van der Waals surface area contributed by atoms with Gasteiger partial charge in [0.25, 0.3) is 17.7 Å². The molecule has 3 aliphatic rings. The first-order valence-corrected chi connectivity index (χ1v) is 8.51. The van der Waals surface area contributed by atoms with Gasteiger partial charge in [0.05, 0.1) is 11.8 Å². The van der Waals surface area contributed by atoms with E-state index < -0.39 is 5.91 Å². The molecule has 1 heterocycles. The number of hydrogen-bond donors (Lipinski definition) is 1. The van der Waals surface area contributed by atoms with Crippen LogP contribution >= 0.6 is 0 Å². The molecule has 6 heteroatoms. The molecular formula is C19H20N2O4. The van der Waals surface area contributed by atoms with Crippen LogP contribution in [0, 0.1) is 37.5 Å². The highest BCUT2D eigenvalue weighted by Gasteiger charge is 2.59. The second-order valence-electron chi connectivity index (χ2n) is 7.08. The molecule has 1 N–H and O–H groups in total. The first-order valence-electron chi connectivity index (χ1n) is 8.51. The Hall–Kier alpha value is -2.63. The molecule has 0 radical (unpaired) electrons. The van der Waals surface area contributed by atoms with Crippen molar-refractivity contribution < 1.29 is 19.1 Å². The van der Waals surface area contributed by atoms with Crippen LogP contribution in [0.15, 0.2) is 30.4 Å². The van der Waals surface area contributed by atoms with E-state index >= 15 is 0 Å². The minimum absolute atomic E-state index is 0.125. The Bertz CT molecular complexity index is 771. The molecule has 0 aromatic heterocycles. The molecule has 25 heavy (non-hydrogen) atoms. The number of hydrazine groups is 1. The molecule has 2 aliphatic carbocycles. The second kappa shape index (κ2) is 5.72. The number of hydrogen-bond acceptors (Lipinski definition) is 4. The van der Waals surface area contributed by atoms with Crippen LogP contribution in [0.4, 0.5) is 0 Å². The Kier molecular flexibility index (Phi) is 3.63. The smallest absolute Gasteiger partial charge is 0.276 e. The molecule has 2 fully saturated rings. The molecule has 1 aromatic carbocycles. The Morgan fingerprint density at radius 2 is 1.76 bits per heavy atom. The number of rotatable bonds is 4. The Morgan fingerprint density at radius 1 is 1.12 bits per heavy atom. The first kappa shape index (κ1) is 15.9. The topological polar surface area (TPSA) is 75.7 Å². The molecule has 1 aromatic rings. The number of benzene rings is 1. The average Bonchev–Trinajstić information content (AvgIpc) is 3.26. The van der Waals surface area contributed by atoms with Crippen molar-refractivity contribution in [3.63, 3.8) is 0 Å². The van der Waals surface area contributed by atoms with Gasteiger partial charge in [-0.1, -0.05) is 18.2 Å². The maximum Gasteiger partial charge on any atom is 0.276 e. The lowest BCUT2D eigenvalue weighted by Crippen LogP contribution is -2.48. The summed E-state index contributed by atoms with van der Waals surface area (Å²) in [5, 5.41) is 0.896. The molecule has 4 rings (SSSR count). The highest BCUT2D eigenvalue weighted by atomic mass is 16.5. The average molecular weight is 340 g/mol. The van der Waals surface area contributed by atoms with Gasteiger partial charge in [-0.15, -0.1) is 0 Å². The predicted molar refractivity (Wildman–Crippen MR) is 89.1 cm³/mol. The molecule has 2 bridgehead atoms. The van der Waals surface area contributed by atoms with E-state index in [4.69, 9.17) is 4.74 Å². The monoisotopic (exact) mass is 340 g/mol. The highest BCUT2D eigenvalue weighted by Crippen LogP contribution is 2.52. The van der Waals surface area contributed by atoms with Crippen LogP contribution in [0.2, 0.25) is 0 Å². The third-order valence-corrected chi connectivity index (χ3v) is 5.56. The molecule has 130 valence electrons. The van der Waals surface area contributed by atoms with Gasteiger partial charge in [0.1, 0.15) is 5.75 Å². The Balaban J connectivity index is 1.37. The summed E-state index contributed by atoms with van der Waals surface area (Å²) in [6, 6.07) is 5.55. The minimum Gasteiger partial charge on any atom is -0.484 e. The number of allylic oxidation sites excluding steroid dienone is 2. The molecule has 1 saturated carbocycles. The van der Waals surface area contributed by atoms with Crippen LogP contribution in [0.5, 0.6) is 5.75 Å². The van der Waals surface area contributed by atoms with Crippen LogP contribution < -0.4 is 10.2 Å². The number of fused-ring (bicyclic) bond motifs is 5.